The summed E-state index contributed by atoms with van der Waals surface area (Å²) in [7, 11) is 1.25. The molecule has 0 aromatic heterocycles. The summed E-state index contributed by atoms with van der Waals surface area (Å²) >= 11 is 0. The van der Waals surface area contributed by atoms with Gasteiger partial charge in [-0.2, -0.15) is 0 Å². The lowest BCUT2D eigenvalue weighted by Crippen LogP contribution is -2.45. The lowest BCUT2D eigenvalue weighted by molar-refractivity contribution is -0.870. The van der Waals surface area contributed by atoms with E-state index in [1.54, 1.807) is 6.08 Å². The Balaban J connectivity index is 4.10. The Morgan fingerprint density at radius 2 is 0.765 bits per heavy atom. The highest BCUT2D eigenvalue weighted by atomic mass is 31.2. The number of hydrogen-bond acceptors (Lipinski definition) is 6. The van der Waals surface area contributed by atoms with Crippen molar-refractivity contribution < 1.29 is 32.9 Å². The standard InChI is InChI=1S/C72H135N2O6P/c1-6-8-10-12-14-16-18-20-22-24-26-28-30-32-34-35-36-37-38-40-41-43-45-47-49-51-53-55-57-59-61-63-65-71(75)70(69-80-81(77,78)79-68-67-74(3,4)5)73-72(76)66-64-62-60-58-56-54-52-50-48-46-44-42-39-33-31-29-27-25-23-21-19-17-15-13-11-9-7-2/h9,11,15,17,21,23,27,29,55,57,63,65,70-71,75H,6-8,10,12-14,16,18-20,22,24-26,28,30-54,56,58-62,64,66-69H2,1-5H3,(H-,73,76,77,78)/b11-9-,17-15-,23-21-,29-27-,57-55+,65-63+. The minimum atomic E-state index is -4.62. The first-order chi connectivity index (χ1) is 39.5. The van der Waals surface area contributed by atoms with E-state index in [9.17, 15) is 19.4 Å². The van der Waals surface area contributed by atoms with Crippen molar-refractivity contribution in [1.29, 1.82) is 0 Å². The summed E-state index contributed by atoms with van der Waals surface area (Å²) in [6.07, 6.45) is 87.5. The predicted molar refractivity (Wildman–Crippen MR) is 353 cm³/mol. The lowest BCUT2D eigenvalue weighted by Gasteiger charge is -2.29. The van der Waals surface area contributed by atoms with Crippen LogP contribution in [0.3, 0.4) is 0 Å². The number of carbonyl (C=O) groups excluding carboxylic acids is 1. The number of nitrogens with one attached hydrogen (secondary N) is 1. The van der Waals surface area contributed by atoms with E-state index in [0.29, 0.717) is 17.4 Å². The van der Waals surface area contributed by atoms with Crippen molar-refractivity contribution in [3.63, 3.8) is 0 Å². The Kier molecular flexibility index (Phi) is 60.9. The maximum Gasteiger partial charge on any atom is 0.268 e. The van der Waals surface area contributed by atoms with Crippen molar-refractivity contribution >= 4 is 13.7 Å². The van der Waals surface area contributed by atoms with Crippen LogP contribution in [0.2, 0.25) is 0 Å². The molecule has 0 spiro atoms. The quantitative estimate of drug-likeness (QED) is 0.0272. The van der Waals surface area contributed by atoms with Gasteiger partial charge in [0.2, 0.25) is 5.91 Å². The zero-order chi connectivity index (χ0) is 59.1. The number of hydrogen-bond donors (Lipinski definition) is 2. The number of unbranched alkanes of at least 4 members (excludes halogenated alkanes) is 41. The van der Waals surface area contributed by atoms with E-state index in [-0.39, 0.29) is 12.5 Å². The summed E-state index contributed by atoms with van der Waals surface area (Å²) < 4.78 is 23.4. The van der Waals surface area contributed by atoms with Gasteiger partial charge < -0.3 is 28.8 Å². The van der Waals surface area contributed by atoms with Gasteiger partial charge in [-0.05, 0) is 70.6 Å². The first-order valence-corrected chi connectivity index (χ1v) is 36.3. The fraction of sp³-hybridized carbons (Fsp3) is 0.819. The molecule has 3 atom stereocenters. The second-order valence-electron chi connectivity index (χ2n) is 24.8. The largest absolute Gasteiger partial charge is 0.756 e. The van der Waals surface area contributed by atoms with Gasteiger partial charge in [-0.15, -0.1) is 0 Å². The van der Waals surface area contributed by atoms with Crippen LogP contribution in [0, 0.1) is 0 Å². The molecular formula is C72H135N2O6P. The molecule has 0 bridgehead atoms. The number of allylic oxidation sites excluding steroid dienone is 11. The predicted octanol–water partition coefficient (Wildman–Crippen LogP) is 21.5. The maximum absolute atomic E-state index is 13.0. The Morgan fingerprint density at radius 3 is 1.15 bits per heavy atom. The highest BCUT2D eigenvalue weighted by Gasteiger charge is 2.23. The van der Waals surface area contributed by atoms with Gasteiger partial charge in [-0.3, -0.25) is 9.36 Å². The minimum Gasteiger partial charge on any atom is -0.756 e. The first-order valence-electron chi connectivity index (χ1n) is 34.8. The molecule has 0 heterocycles. The van der Waals surface area contributed by atoms with E-state index in [1.807, 2.05) is 27.2 Å². The molecule has 0 aromatic carbocycles. The third kappa shape index (κ3) is 65.3. The highest BCUT2D eigenvalue weighted by Crippen LogP contribution is 2.38. The van der Waals surface area contributed by atoms with E-state index < -0.39 is 26.6 Å². The normalized spacial score (nSPS) is 14.1. The van der Waals surface area contributed by atoms with Gasteiger partial charge in [0, 0.05) is 6.42 Å². The zero-order valence-corrected chi connectivity index (χ0v) is 55.1. The summed E-state index contributed by atoms with van der Waals surface area (Å²) in [5.41, 5.74) is 0. The van der Waals surface area contributed by atoms with Crippen molar-refractivity contribution in [2.75, 3.05) is 40.9 Å². The number of likely N-dealkylation sites (N-methyl/N-ethyl adjacent to an activating group) is 1. The smallest absolute Gasteiger partial charge is 0.268 e. The van der Waals surface area contributed by atoms with Crippen molar-refractivity contribution in [3.8, 4) is 0 Å². The van der Waals surface area contributed by atoms with E-state index in [0.717, 1.165) is 64.2 Å². The first kappa shape index (κ1) is 78.9. The Hall–Kier alpha value is -2.06. The van der Waals surface area contributed by atoms with Crippen molar-refractivity contribution in [3.05, 3.63) is 72.9 Å². The molecule has 0 fully saturated rings. The number of carbonyl (C=O) groups is 1. The highest BCUT2D eigenvalue weighted by molar-refractivity contribution is 7.45. The van der Waals surface area contributed by atoms with Gasteiger partial charge in [0.25, 0.3) is 7.82 Å². The van der Waals surface area contributed by atoms with Crippen molar-refractivity contribution in [2.24, 2.45) is 0 Å². The molecule has 81 heavy (non-hydrogen) atoms. The van der Waals surface area contributed by atoms with E-state index in [2.05, 4.69) is 79.9 Å². The third-order valence-corrected chi connectivity index (χ3v) is 16.6. The molecule has 8 nitrogen and oxygen atoms in total. The summed E-state index contributed by atoms with van der Waals surface area (Å²) in [5, 5.41) is 13.9. The van der Waals surface area contributed by atoms with Crippen LogP contribution in [0.1, 0.15) is 328 Å². The van der Waals surface area contributed by atoms with Crippen molar-refractivity contribution in [2.45, 2.75) is 341 Å². The van der Waals surface area contributed by atoms with Crippen LogP contribution in [0.5, 0.6) is 0 Å². The molecule has 0 aliphatic heterocycles. The van der Waals surface area contributed by atoms with Crippen LogP contribution in [0.4, 0.5) is 0 Å². The van der Waals surface area contributed by atoms with Crippen molar-refractivity contribution in [1.82, 2.24) is 5.32 Å². The number of aliphatic hydroxyl groups is 1. The Bertz CT molecular complexity index is 1550. The third-order valence-electron chi connectivity index (χ3n) is 15.7. The maximum atomic E-state index is 13.0. The van der Waals surface area contributed by atoms with Gasteiger partial charge in [0.1, 0.15) is 13.2 Å². The fourth-order valence-corrected chi connectivity index (χ4v) is 11.0. The molecular weight excluding hydrogens is 1020 g/mol. The average molecular weight is 1160 g/mol. The molecule has 0 rings (SSSR count). The van der Waals surface area contributed by atoms with E-state index in [4.69, 9.17) is 9.05 Å². The van der Waals surface area contributed by atoms with Gasteiger partial charge >= 0.3 is 0 Å². The molecule has 3 unspecified atom stereocenters. The molecule has 474 valence electrons. The number of phosphoric ester groups is 1. The molecule has 0 radical (unpaired) electrons. The van der Waals surface area contributed by atoms with Crippen LogP contribution in [-0.4, -0.2) is 68.5 Å². The minimum absolute atomic E-state index is 0.00798. The van der Waals surface area contributed by atoms with Crippen LogP contribution in [0.15, 0.2) is 72.9 Å². The molecule has 9 heteroatoms. The van der Waals surface area contributed by atoms with Crippen LogP contribution >= 0.6 is 7.82 Å². The SMILES string of the molecule is CC/C=C\C/C=C\C/C=C\C/C=C\CCCCCCCCCCCCCCCCC(=O)NC(COP(=O)([O-])OCC[N+](C)(C)C)C(O)/C=C/CC/C=C/CCCCCCCCCCCCCCCCCCCCCCCCCCCC. The fourth-order valence-electron chi connectivity index (χ4n) is 10.3. The van der Waals surface area contributed by atoms with E-state index in [1.165, 1.54) is 244 Å². The molecule has 2 N–H and O–H groups in total. The molecule has 0 aliphatic rings. The van der Waals surface area contributed by atoms with Crippen LogP contribution in [0.25, 0.3) is 0 Å². The molecule has 0 aliphatic carbocycles. The average Bonchev–Trinajstić information content (AvgIpc) is 3.43. The second-order valence-corrected chi connectivity index (χ2v) is 26.3. The molecule has 1 amide bonds. The van der Waals surface area contributed by atoms with E-state index >= 15 is 0 Å². The summed E-state index contributed by atoms with van der Waals surface area (Å²) in [4.78, 5) is 25.6. The summed E-state index contributed by atoms with van der Waals surface area (Å²) in [6, 6.07) is -0.909. The van der Waals surface area contributed by atoms with Gasteiger partial charge in [0.15, 0.2) is 0 Å². The number of amides is 1. The van der Waals surface area contributed by atoms with Crippen LogP contribution in [-0.2, 0) is 18.4 Å². The number of quaternary nitrogens is 1. The summed E-state index contributed by atoms with van der Waals surface area (Å²) in [5.74, 6) is -0.206. The number of phosphoric acid groups is 1. The topological polar surface area (TPSA) is 108 Å². The lowest BCUT2D eigenvalue weighted by atomic mass is 10.0. The van der Waals surface area contributed by atoms with Gasteiger partial charge in [-0.1, -0.05) is 324 Å². The van der Waals surface area contributed by atoms with Gasteiger partial charge in [0.05, 0.1) is 39.9 Å². The molecule has 0 aromatic rings. The zero-order valence-electron chi connectivity index (χ0n) is 54.2. The number of aliphatic hydroxyl groups excluding tert-OH is 1. The Labute approximate surface area is 504 Å². The van der Waals surface area contributed by atoms with Crippen LogP contribution < -0.4 is 10.2 Å². The number of nitrogens with zero attached hydrogens (tertiary/aromatic N) is 1. The monoisotopic (exact) mass is 1160 g/mol. The summed E-state index contributed by atoms with van der Waals surface area (Å²) in [6.45, 7) is 4.56. The number of rotatable bonds is 64. The van der Waals surface area contributed by atoms with Gasteiger partial charge in [-0.25, -0.2) is 0 Å². The second kappa shape index (κ2) is 62.5. The Morgan fingerprint density at radius 1 is 0.444 bits per heavy atom. The molecule has 0 saturated carbocycles. The molecule has 0 saturated heterocycles.